The zero-order chi connectivity index (χ0) is 18.8. The molecule has 5 nitrogen and oxygen atoms in total. The summed E-state index contributed by atoms with van der Waals surface area (Å²) in [7, 11) is 1.32. The van der Waals surface area contributed by atoms with Crippen molar-refractivity contribution in [3.05, 3.63) is 52.9 Å². The number of methoxy groups -OCH3 is 1. The lowest BCUT2D eigenvalue weighted by Gasteiger charge is -2.21. The lowest BCUT2D eigenvalue weighted by molar-refractivity contribution is -0.140. The number of carbonyl (C=O) groups is 2. The Morgan fingerprint density at radius 3 is 2.56 bits per heavy atom. The molecule has 0 saturated carbocycles. The molecule has 134 valence electrons. The number of nitrogens with one attached hydrogen (secondary N) is 1. The molecule has 0 bridgehead atoms. The van der Waals surface area contributed by atoms with Gasteiger partial charge in [0.25, 0.3) is 5.91 Å². The first-order valence-corrected chi connectivity index (χ1v) is 7.06. The lowest BCUT2D eigenvalue weighted by atomic mass is 9.95. The van der Waals surface area contributed by atoms with Crippen LogP contribution in [0.2, 0.25) is 0 Å². The number of amides is 2. The Labute approximate surface area is 140 Å². The Kier molecular flexibility index (Phi) is 5.27. The molecule has 0 spiro atoms. The van der Waals surface area contributed by atoms with Gasteiger partial charge in [-0.2, -0.15) is 13.2 Å². The zero-order valence-corrected chi connectivity index (χ0v) is 13.0. The summed E-state index contributed by atoms with van der Waals surface area (Å²) in [6, 6.07) is 2.54. The number of benzene rings is 1. The molecule has 1 aromatic rings. The fourth-order valence-corrected chi connectivity index (χ4v) is 2.33. The average molecular weight is 358 g/mol. The first-order chi connectivity index (χ1) is 11.6. The summed E-state index contributed by atoms with van der Waals surface area (Å²) in [5, 5.41) is 2.07. The van der Waals surface area contributed by atoms with Crippen LogP contribution in [0.15, 0.2) is 41.5 Å². The molecular formula is C16H14F4N2O3. The van der Waals surface area contributed by atoms with E-state index in [1.165, 1.54) is 19.3 Å². The van der Waals surface area contributed by atoms with Crippen molar-refractivity contribution in [2.45, 2.75) is 18.7 Å². The summed E-state index contributed by atoms with van der Waals surface area (Å²) in [6.07, 6.45) is -2.83. The Morgan fingerprint density at radius 1 is 1.32 bits per heavy atom. The van der Waals surface area contributed by atoms with Gasteiger partial charge in [0.05, 0.1) is 17.4 Å². The molecule has 0 aliphatic heterocycles. The van der Waals surface area contributed by atoms with Crippen LogP contribution in [0, 0.1) is 5.82 Å². The van der Waals surface area contributed by atoms with E-state index in [1.54, 1.807) is 0 Å². The highest BCUT2D eigenvalue weighted by molar-refractivity contribution is 6.07. The first kappa shape index (κ1) is 18.7. The fourth-order valence-electron chi connectivity index (χ4n) is 2.33. The van der Waals surface area contributed by atoms with E-state index in [2.05, 4.69) is 5.32 Å². The molecule has 2 amide bonds. The topological polar surface area (TPSA) is 81.4 Å². The molecule has 1 aromatic carbocycles. The molecule has 3 N–H and O–H groups in total. The van der Waals surface area contributed by atoms with Crippen molar-refractivity contribution in [1.82, 2.24) is 0 Å². The summed E-state index contributed by atoms with van der Waals surface area (Å²) in [6.45, 7) is 0. The number of carbonyl (C=O) groups excluding carboxylic acids is 2. The minimum absolute atomic E-state index is 0.0457. The average Bonchev–Trinajstić information content (AvgIpc) is 2.54. The van der Waals surface area contributed by atoms with Crippen molar-refractivity contribution < 1.29 is 31.9 Å². The minimum atomic E-state index is -4.90. The molecule has 25 heavy (non-hydrogen) atoms. The number of nitrogens with two attached hydrogens (primary N) is 1. The van der Waals surface area contributed by atoms with Gasteiger partial charge < -0.3 is 15.8 Å². The van der Waals surface area contributed by atoms with Gasteiger partial charge in [-0.1, -0.05) is 12.1 Å². The van der Waals surface area contributed by atoms with Crippen molar-refractivity contribution >= 4 is 17.5 Å². The SMILES string of the molecule is COC1CC=C(C(N)=O)C=C1C(=O)Nc1cccc(C(F)(F)F)c1F. The van der Waals surface area contributed by atoms with Crippen molar-refractivity contribution in [3.8, 4) is 0 Å². The van der Waals surface area contributed by atoms with Crippen LogP contribution >= 0.6 is 0 Å². The molecule has 0 fully saturated rings. The van der Waals surface area contributed by atoms with Gasteiger partial charge in [-0.05, 0) is 24.6 Å². The van der Waals surface area contributed by atoms with E-state index in [0.717, 1.165) is 12.1 Å². The van der Waals surface area contributed by atoms with Crippen LogP contribution < -0.4 is 11.1 Å². The number of ether oxygens (including phenoxy) is 1. The van der Waals surface area contributed by atoms with E-state index >= 15 is 0 Å². The quantitative estimate of drug-likeness (QED) is 0.812. The van der Waals surface area contributed by atoms with Gasteiger partial charge in [-0.15, -0.1) is 0 Å². The molecule has 0 aromatic heterocycles. The molecule has 0 heterocycles. The second-order valence-electron chi connectivity index (χ2n) is 5.20. The number of hydrogen-bond acceptors (Lipinski definition) is 3. The van der Waals surface area contributed by atoms with Crippen LogP contribution in [-0.2, 0) is 20.5 Å². The van der Waals surface area contributed by atoms with E-state index in [4.69, 9.17) is 10.5 Å². The Morgan fingerprint density at radius 2 is 2.00 bits per heavy atom. The van der Waals surface area contributed by atoms with Gasteiger partial charge in [-0.25, -0.2) is 4.39 Å². The van der Waals surface area contributed by atoms with Crippen molar-refractivity contribution in [1.29, 1.82) is 0 Å². The normalized spacial score (nSPS) is 17.6. The highest BCUT2D eigenvalue weighted by atomic mass is 19.4. The molecule has 1 aliphatic carbocycles. The third-order valence-electron chi connectivity index (χ3n) is 3.59. The summed E-state index contributed by atoms with van der Waals surface area (Å²) in [5.74, 6) is -3.26. The Hall–Kier alpha value is -2.68. The minimum Gasteiger partial charge on any atom is -0.376 e. The third kappa shape index (κ3) is 4.05. The second-order valence-corrected chi connectivity index (χ2v) is 5.20. The van der Waals surface area contributed by atoms with Gasteiger partial charge in [-0.3, -0.25) is 9.59 Å². The van der Waals surface area contributed by atoms with Gasteiger partial charge >= 0.3 is 6.18 Å². The van der Waals surface area contributed by atoms with Gasteiger partial charge in [0.1, 0.15) is 0 Å². The first-order valence-electron chi connectivity index (χ1n) is 7.06. The van der Waals surface area contributed by atoms with Crippen molar-refractivity contribution in [2.75, 3.05) is 12.4 Å². The molecule has 0 radical (unpaired) electrons. The monoisotopic (exact) mass is 358 g/mol. The van der Waals surface area contributed by atoms with Crippen LogP contribution in [0.1, 0.15) is 12.0 Å². The van der Waals surface area contributed by atoms with E-state index < -0.39 is 41.2 Å². The summed E-state index contributed by atoms with van der Waals surface area (Å²) < 4.78 is 57.3. The molecule has 1 atom stereocenters. The summed E-state index contributed by atoms with van der Waals surface area (Å²) in [4.78, 5) is 23.6. The Bertz CT molecular complexity index is 769. The molecule has 9 heteroatoms. The Balaban J connectivity index is 2.33. The van der Waals surface area contributed by atoms with Crippen LogP contribution in [0.25, 0.3) is 0 Å². The molecular weight excluding hydrogens is 344 g/mol. The maximum atomic E-state index is 14.0. The maximum Gasteiger partial charge on any atom is 0.419 e. The zero-order valence-electron chi connectivity index (χ0n) is 13.0. The number of alkyl halides is 3. The standard InChI is InChI=1S/C16H14F4N2O3/c1-25-12-6-5-8(14(21)23)7-9(12)15(24)22-11-4-2-3-10(13(11)17)16(18,19)20/h2-5,7,12H,6H2,1H3,(H2,21,23)(H,22,24). The number of rotatable bonds is 4. The lowest BCUT2D eigenvalue weighted by Crippen LogP contribution is -2.29. The smallest absolute Gasteiger partial charge is 0.376 e. The van der Waals surface area contributed by atoms with Gasteiger partial charge in [0.2, 0.25) is 5.91 Å². The van der Waals surface area contributed by atoms with E-state index in [-0.39, 0.29) is 17.6 Å². The predicted octanol–water partition coefficient (Wildman–Crippen LogP) is 2.54. The number of halogens is 4. The third-order valence-corrected chi connectivity index (χ3v) is 3.59. The van der Waals surface area contributed by atoms with Crippen molar-refractivity contribution in [3.63, 3.8) is 0 Å². The molecule has 0 saturated heterocycles. The van der Waals surface area contributed by atoms with Gasteiger partial charge in [0.15, 0.2) is 5.82 Å². The number of primary amides is 1. The highest BCUT2D eigenvalue weighted by Crippen LogP contribution is 2.34. The van der Waals surface area contributed by atoms with Crippen LogP contribution in [0.4, 0.5) is 23.2 Å². The van der Waals surface area contributed by atoms with E-state index in [0.29, 0.717) is 6.07 Å². The molecule has 1 aliphatic rings. The number of anilines is 1. The van der Waals surface area contributed by atoms with E-state index in [1.807, 2.05) is 0 Å². The van der Waals surface area contributed by atoms with Crippen molar-refractivity contribution in [2.24, 2.45) is 5.73 Å². The number of hydrogen-bond donors (Lipinski definition) is 2. The van der Waals surface area contributed by atoms with Crippen LogP contribution in [0.3, 0.4) is 0 Å². The fraction of sp³-hybridized carbons (Fsp3) is 0.250. The summed E-state index contributed by atoms with van der Waals surface area (Å²) >= 11 is 0. The second kappa shape index (κ2) is 7.06. The molecule has 2 rings (SSSR count). The largest absolute Gasteiger partial charge is 0.419 e. The highest BCUT2D eigenvalue weighted by Gasteiger charge is 2.35. The van der Waals surface area contributed by atoms with Gasteiger partial charge in [0, 0.05) is 18.3 Å². The summed E-state index contributed by atoms with van der Waals surface area (Å²) in [5.41, 5.74) is 3.03. The van der Waals surface area contributed by atoms with E-state index in [9.17, 15) is 27.2 Å². The van der Waals surface area contributed by atoms with Crippen LogP contribution in [-0.4, -0.2) is 25.0 Å². The molecule has 1 unspecified atom stereocenters. The predicted molar refractivity (Wildman–Crippen MR) is 80.8 cm³/mol. The maximum absolute atomic E-state index is 14.0. The van der Waals surface area contributed by atoms with Crippen LogP contribution in [0.5, 0.6) is 0 Å².